The van der Waals surface area contributed by atoms with Gasteiger partial charge in [-0.15, -0.1) is 10.2 Å². The highest BCUT2D eigenvalue weighted by Gasteiger charge is 2.13. The van der Waals surface area contributed by atoms with Crippen molar-refractivity contribution in [3.05, 3.63) is 36.1 Å². The molecule has 24 heavy (non-hydrogen) atoms. The standard InChI is InChI=1S/C15H16N6O2S/c1-9-7-12(20-23-9)17-13(22)8-24-15-19-18-14(21(15)2)10-3-5-11(16)6-4-10/h3-7H,8,16H2,1-2H3,(H,17,20,22). The molecule has 0 saturated heterocycles. The predicted molar refractivity (Wildman–Crippen MR) is 91.4 cm³/mol. The fourth-order valence-corrected chi connectivity index (χ4v) is 2.77. The molecule has 0 aliphatic heterocycles. The third kappa shape index (κ3) is 3.57. The van der Waals surface area contributed by atoms with Crippen LogP contribution in [0.3, 0.4) is 0 Å². The molecule has 0 saturated carbocycles. The molecule has 0 spiro atoms. The maximum absolute atomic E-state index is 11.9. The third-order valence-corrected chi connectivity index (χ3v) is 4.25. The summed E-state index contributed by atoms with van der Waals surface area (Å²) in [6, 6.07) is 9.04. The number of anilines is 2. The second-order valence-electron chi connectivity index (χ2n) is 5.15. The summed E-state index contributed by atoms with van der Waals surface area (Å²) in [5.41, 5.74) is 7.29. The topological polar surface area (TPSA) is 112 Å². The van der Waals surface area contributed by atoms with E-state index < -0.39 is 0 Å². The van der Waals surface area contributed by atoms with Crippen molar-refractivity contribution in [2.45, 2.75) is 12.1 Å². The Labute approximate surface area is 142 Å². The van der Waals surface area contributed by atoms with Gasteiger partial charge in [-0.3, -0.25) is 4.79 Å². The van der Waals surface area contributed by atoms with E-state index in [9.17, 15) is 4.79 Å². The van der Waals surface area contributed by atoms with Crippen LogP contribution < -0.4 is 11.1 Å². The van der Waals surface area contributed by atoms with E-state index in [1.807, 2.05) is 35.9 Å². The van der Waals surface area contributed by atoms with Crippen molar-refractivity contribution in [1.29, 1.82) is 0 Å². The highest BCUT2D eigenvalue weighted by Crippen LogP contribution is 2.23. The molecule has 3 N–H and O–H groups in total. The second kappa shape index (κ2) is 6.75. The van der Waals surface area contributed by atoms with Gasteiger partial charge in [0.25, 0.3) is 0 Å². The number of hydrogen-bond donors (Lipinski definition) is 2. The van der Waals surface area contributed by atoms with Crippen LogP contribution in [0, 0.1) is 6.92 Å². The van der Waals surface area contributed by atoms with Crippen LogP contribution in [0.4, 0.5) is 11.5 Å². The molecule has 0 bridgehead atoms. The first-order valence-electron chi connectivity index (χ1n) is 7.14. The van der Waals surface area contributed by atoms with Gasteiger partial charge in [-0.1, -0.05) is 16.9 Å². The van der Waals surface area contributed by atoms with Gasteiger partial charge in [0, 0.05) is 24.4 Å². The molecule has 124 valence electrons. The average molecular weight is 344 g/mol. The SMILES string of the molecule is Cc1cc(NC(=O)CSc2nnc(-c3ccc(N)cc3)n2C)no1. The Morgan fingerprint density at radius 2 is 2.08 bits per heavy atom. The van der Waals surface area contributed by atoms with Crippen molar-refractivity contribution in [2.75, 3.05) is 16.8 Å². The Morgan fingerprint density at radius 3 is 2.75 bits per heavy atom. The lowest BCUT2D eigenvalue weighted by molar-refractivity contribution is -0.113. The summed E-state index contributed by atoms with van der Waals surface area (Å²) in [5, 5.41) is 15.3. The summed E-state index contributed by atoms with van der Waals surface area (Å²) in [6.45, 7) is 1.76. The number of hydrogen-bond acceptors (Lipinski definition) is 7. The molecule has 0 aliphatic carbocycles. The van der Waals surface area contributed by atoms with E-state index in [2.05, 4.69) is 20.7 Å². The molecule has 0 unspecified atom stereocenters. The molecule has 2 heterocycles. The number of nitrogens with one attached hydrogen (secondary N) is 1. The van der Waals surface area contributed by atoms with Crippen molar-refractivity contribution in [3.8, 4) is 11.4 Å². The molecular weight excluding hydrogens is 328 g/mol. The van der Waals surface area contributed by atoms with Gasteiger partial charge in [0.1, 0.15) is 5.76 Å². The number of nitrogens with zero attached hydrogens (tertiary/aromatic N) is 4. The molecule has 3 aromatic rings. The summed E-state index contributed by atoms with van der Waals surface area (Å²) < 4.78 is 6.74. The van der Waals surface area contributed by atoms with Gasteiger partial charge in [-0.25, -0.2) is 0 Å². The number of amides is 1. The number of aromatic nitrogens is 4. The lowest BCUT2D eigenvalue weighted by atomic mass is 10.2. The molecule has 1 amide bonds. The van der Waals surface area contributed by atoms with Crippen LogP contribution in [0.1, 0.15) is 5.76 Å². The van der Waals surface area contributed by atoms with E-state index in [1.165, 1.54) is 11.8 Å². The van der Waals surface area contributed by atoms with Gasteiger partial charge in [-0.2, -0.15) is 0 Å². The Kier molecular flexibility index (Phi) is 4.52. The quantitative estimate of drug-likeness (QED) is 0.538. The number of nitrogen functional groups attached to an aromatic ring is 1. The number of rotatable bonds is 5. The van der Waals surface area contributed by atoms with E-state index in [0.29, 0.717) is 28.2 Å². The molecule has 3 rings (SSSR count). The van der Waals surface area contributed by atoms with E-state index in [1.54, 1.807) is 13.0 Å². The number of aryl methyl sites for hydroxylation is 1. The van der Waals surface area contributed by atoms with Gasteiger partial charge < -0.3 is 20.1 Å². The minimum atomic E-state index is -0.190. The Hall–Kier alpha value is -2.81. The monoisotopic (exact) mass is 344 g/mol. The summed E-state index contributed by atoms with van der Waals surface area (Å²) in [6.07, 6.45) is 0. The Balaban J connectivity index is 1.63. The van der Waals surface area contributed by atoms with E-state index in [0.717, 1.165) is 5.56 Å². The van der Waals surface area contributed by atoms with Crippen LogP contribution in [-0.4, -0.2) is 31.6 Å². The zero-order valence-corrected chi connectivity index (χ0v) is 14.0. The maximum Gasteiger partial charge on any atom is 0.236 e. The first-order chi connectivity index (χ1) is 11.5. The molecule has 0 radical (unpaired) electrons. The normalized spacial score (nSPS) is 10.8. The summed E-state index contributed by atoms with van der Waals surface area (Å²) in [7, 11) is 1.85. The Morgan fingerprint density at radius 1 is 1.33 bits per heavy atom. The van der Waals surface area contributed by atoms with Crippen LogP contribution in [-0.2, 0) is 11.8 Å². The Bertz CT molecular complexity index is 855. The third-order valence-electron chi connectivity index (χ3n) is 3.23. The van der Waals surface area contributed by atoms with Crippen LogP contribution in [0.25, 0.3) is 11.4 Å². The largest absolute Gasteiger partial charge is 0.399 e. The van der Waals surface area contributed by atoms with E-state index in [-0.39, 0.29) is 11.7 Å². The number of carbonyl (C=O) groups is 1. The first-order valence-corrected chi connectivity index (χ1v) is 8.13. The highest BCUT2D eigenvalue weighted by molar-refractivity contribution is 7.99. The van der Waals surface area contributed by atoms with E-state index in [4.69, 9.17) is 10.3 Å². The van der Waals surface area contributed by atoms with E-state index >= 15 is 0 Å². The molecule has 9 heteroatoms. The molecule has 0 atom stereocenters. The zero-order chi connectivity index (χ0) is 17.1. The summed E-state index contributed by atoms with van der Waals surface area (Å²) in [5.74, 6) is 1.76. The highest BCUT2D eigenvalue weighted by atomic mass is 32.2. The molecule has 8 nitrogen and oxygen atoms in total. The van der Waals surface area contributed by atoms with Crippen LogP contribution >= 0.6 is 11.8 Å². The van der Waals surface area contributed by atoms with Crippen molar-refractivity contribution in [3.63, 3.8) is 0 Å². The summed E-state index contributed by atoms with van der Waals surface area (Å²) in [4.78, 5) is 11.9. The molecule has 0 aliphatic rings. The van der Waals surface area contributed by atoms with Gasteiger partial charge in [0.2, 0.25) is 5.91 Å². The minimum absolute atomic E-state index is 0.190. The lowest BCUT2D eigenvalue weighted by Crippen LogP contribution is -2.14. The molecule has 2 aromatic heterocycles. The fraction of sp³-hybridized carbons (Fsp3) is 0.200. The van der Waals surface area contributed by atoms with Gasteiger partial charge in [0.05, 0.1) is 5.75 Å². The molecular formula is C15H16N6O2S. The van der Waals surface area contributed by atoms with Crippen molar-refractivity contribution in [2.24, 2.45) is 7.05 Å². The first kappa shape index (κ1) is 16.1. The van der Waals surface area contributed by atoms with Crippen LogP contribution in [0.5, 0.6) is 0 Å². The lowest BCUT2D eigenvalue weighted by Gasteiger charge is -2.04. The van der Waals surface area contributed by atoms with Crippen molar-refractivity contribution < 1.29 is 9.32 Å². The summed E-state index contributed by atoms with van der Waals surface area (Å²) >= 11 is 1.29. The number of nitrogens with two attached hydrogens (primary N) is 1. The number of carbonyl (C=O) groups excluding carboxylic acids is 1. The van der Waals surface area contributed by atoms with Gasteiger partial charge in [0.15, 0.2) is 16.8 Å². The van der Waals surface area contributed by atoms with Gasteiger partial charge >= 0.3 is 0 Å². The van der Waals surface area contributed by atoms with Crippen molar-refractivity contribution >= 4 is 29.2 Å². The maximum atomic E-state index is 11.9. The van der Waals surface area contributed by atoms with Crippen LogP contribution in [0.2, 0.25) is 0 Å². The number of thioether (sulfide) groups is 1. The smallest absolute Gasteiger partial charge is 0.236 e. The molecule has 1 aromatic carbocycles. The van der Waals surface area contributed by atoms with Crippen molar-refractivity contribution in [1.82, 2.24) is 19.9 Å². The zero-order valence-electron chi connectivity index (χ0n) is 13.2. The van der Waals surface area contributed by atoms with Gasteiger partial charge in [-0.05, 0) is 31.2 Å². The number of benzene rings is 1. The minimum Gasteiger partial charge on any atom is -0.399 e. The fourth-order valence-electron chi connectivity index (χ4n) is 2.06. The predicted octanol–water partition coefficient (Wildman–Crippen LogP) is 2.09. The van der Waals surface area contributed by atoms with Crippen LogP contribution in [0.15, 0.2) is 40.0 Å². The molecule has 0 fully saturated rings. The second-order valence-corrected chi connectivity index (χ2v) is 6.09. The average Bonchev–Trinajstić information content (AvgIpc) is 3.12.